The average molecular weight is 164 g/mol. The van der Waals surface area contributed by atoms with Gasteiger partial charge in [0.25, 0.3) is 5.56 Å². The van der Waals surface area contributed by atoms with Gasteiger partial charge in [-0.05, 0) is 0 Å². The maximum atomic E-state index is 11.2. The molecule has 0 unspecified atom stereocenters. The normalized spacial score (nSPS) is 9.33. The molecule has 4 heteroatoms. The molecule has 1 aromatic rings. The van der Waals surface area contributed by atoms with E-state index in [4.69, 9.17) is 0 Å². The topological polar surface area (TPSA) is 44.0 Å². The van der Waals surface area contributed by atoms with Crippen molar-refractivity contribution in [3.63, 3.8) is 0 Å². The van der Waals surface area contributed by atoms with Gasteiger partial charge in [-0.1, -0.05) is 13.2 Å². The molecule has 1 rings (SSSR count). The monoisotopic (exact) mass is 164 g/mol. The third-order valence-corrected chi connectivity index (χ3v) is 1.42. The molecule has 62 valence electrons. The predicted molar refractivity (Wildman–Crippen MR) is 47.7 cm³/mol. The second-order valence-corrected chi connectivity index (χ2v) is 2.08. The van der Waals surface area contributed by atoms with E-state index < -0.39 is 11.2 Å². The fourth-order valence-electron chi connectivity index (χ4n) is 0.814. The van der Waals surface area contributed by atoms with Gasteiger partial charge in [-0.3, -0.25) is 9.36 Å². The lowest BCUT2D eigenvalue weighted by Crippen LogP contribution is -2.34. The largest absolute Gasteiger partial charge is 0.339 e. The molecule has 0 amide bonds. The molecule has 0 radical (unpaired) electrons. The van der Waals surface area contributed by atoms with E-state index in [0.29, 0.717) is 0 Å². The van der Waals surface area contributed by atoms with Crippen LogP contribution in [0.2, 0.25) is 0 Å². The van der Waals surface area contributed by atoms with Crippen LogP contribution in [-0.2, 0) is 0 Å². The summed E-state index contributed by atoms with van der Waals surface area (Å²) in [5.74, 6) is 0. The lowest BCUT2D eigenvalue weighted by atomic mass is 10.6. The Hall–Kier alpha value is -1.84. The van der Waals surface area contributed by atoms with Crippen molar-refractivity contribution < 1.29 is 0 Å². The Morgan fingerprint density at radius 1 is 1.25 bits per heavy atom. The van der Waals surface area contributed by atoms with Gasteiger partial charge in [-0.15, -0.1) is 0 Å². The van der Waals surface area contributed by atoms with Gasteiger partial charge < -0.3 is 0 Å². The molecule has 0 saturated heterocycles. The molecule has 1 heterocycles. The van der Waals surface area contributed by atoms with Gasteiger partial charge >= 0.3 is 5.69 Å². The van der Waals surface area contributed by atoms with Crippen LogP contribution in [0.25, 0.3) is 12.4 Å². The van der Waals surface area contributed by atoms with E-state index in [1.165, 1.54) is 29.2 Å². The highest BCUT2D eigenvalue weighted by atomic mass is 16.2. The lowest BCUT2D eigenvalue weighted by Gasteiger charge is -1.99. The van der Waals surface area contributed by atoms with Crippen molar-refractivity contribution in [2.45, 2.75) is 0 Å². The smallest absolute Gasteiger partial charge is 0.276 e. The second-order valence-electron chi connectivity index (χ2n) is 2.08. The molecule has 0 saturated carbocycles. The maximum Gasteiger partial charge on any atom is 0.339 e. The summed E-state index contributed by atoms with van der Waals surface area (Å²) in [6.45, 7) is 6.75. The van der Waals surface area contributed by atoms with E-state index in [9.17, 15) is 9.59 Å². The second kappa shape index (κ2) is 3.04. The van der Waals surface area contributed by atoms with Crippen molar-refractivity contribution in [3.8, 4) is 0 Å². The van der Waals surface area contributed by atoms with E-state index in [1.807, 2.05) is 0 Å². The van der Waals surface area contributed by atoms with Crippen molar-refractivity contribution in [2.24, 2.45) is 0 Å². The first-order chi connectivity index (χ1) is 5.70. The minimum atomic E-state index is -0.465. The SMILES string of the molecule is C=Cn1ccc(=O)n(C=C)c1=O. The highest BCUT2D eigenvalue weighted by molar-refractivity contribution is 5.21. The van der Waals surface area contributed by atoms with Gasteiger partial charge in [0.15, 0.2) is 0 Å². The van der Waals surface area contributed by atoms with Gasteiger partial charge in [0.1, 0.15) is 0 Å². The Morgan fingerprint density at radius 2 is 1.92 bits per heavy atom. The third kappa shape index (κ3) is 1.14. The highest BCUT2D eigenvalue weighted by Gasteiger charge is 1.97. The zero-order valence-electron chi connectivity index (χ0n) is 6.43. The zero-order valence-corrected chi connectivity index (χ0v) is 6.43. The van der Waals surface area contributed by atoms with Crippen molar-refractivity contribution in [3.05, 3.63) is 46.3 Å². The van der Waals surface area contributed by atoms with Crippen molar-refractivity contribution in [2.75, 3.05) is 0 Å². The summed E-state index contributed by atoms with van der Waals surface area (Å²) in [6, 6.07) is 1.27. The predicted octanol–water partition coefficient (Wildman–Crippen LogP) is 0.211. The molecule has 0 fully saturated rings. The summed E-state index contributed by atoms with van der Waals surface area (Å²) >= 11 is 0. The van der Waals surface area contributed by atoms with Crippen LogP contribution in [0, 0.1) is 0 Å². The molecule has 0 aliphatic rings. The van der Waals surface area contributed by atoms with E-state index in [2.05, 4.69) is 13.2 Å². The van der Waals surface area contributed by atoms with E-state index in [0.717, 1.165) is 4.57 Å². The van der Waals surface area contributed by atoms with Crippen molar-refractivity contribution in [1.82, 2.24) is 9.13 Å². The molecule has 0 atom stereocenters. The number of aromatic nitrogens is 2. The first-order valence-corrected chi connectivity index (χ1v) is 3.29. The minimum Gasteiger partial charge on any atom is -0.276 e. The molecule has 0 aromatic carbocycles. The molecule has 0 N–H and O–H groups in total. The van der Waals surface area contributed by atoms with Crippen LogP contribution in [0.1, 0.15) is 0 Å². The summed E-state index contributed by atoms with van der Waals surface area (Å²) in [5.41, 5.74) is -0.861. The maximum absolute atomic E-state index is 11.2. The lowest BCUT2D eigenvalue weighted by molar-refractivity contribution is 0.859. The summed E-state index contributed by atoms with van der Waals surface area (Å²) < 4.78 is 2.10. The molecule has 0 bridgehead atoms. The van der Waals surface area contributed by atoms with E-state index in [1.54, 1.807) is 0 Å². The summed E-state index contributed by atoms with van der Waals surface area (Å²) in [7, 11) is 0. The van der Waals surface area contributed by atoms with Gasteiger partial charge in [0.2, 0.25) is 0 Å². The Balaban J connectivity index is 3.66. The average Bonchev–Trinajstić information content (AvgIpc) is 2.06. The molecule has 0 aliphatic carbocycles. The zero-order chi connectivity index (χ0) is 9.14. The van der Waals surface area contributed by atoms with Crippen LogP contribution in [-0.4, -0.2) is 9.13 Å². The summed E-state index contributed by atoms with van der Waals surface area (Å²) in [5, 5.41) is 0. The fraction of sp³-hybridized carbons (Fsp3) is 0. The minimum absolute atomic E-state index is 0.395. The Bertz CT molecular complexity index is 425. The first-order valence-electron chi connectivity index (χ1n) is 3.29. The van der Waals surface area contributed by atoms with Crippen molar-refractivity contribution >= 4 is 12.4 Å². The van der Waals surface area contributed by atoms with Crippen LogP contribution >= 0.6 is 0 Å². The molecular formula is C8H8N2O2. The number of nitrogens with zero attached hydrogens (tertiary/aromatic N) is 2. The summed E-state index contributed by atoms with van der Waals surface area (Å²) in [4.78, 5) is 22.2. The van der Waals surface area contributed by atoms with Crippen LogP contribution < -0.4 is 11.2 Å². The standard InChI is InChI=1S/C8H8N2O2/c1-3-9-6-5-7(11)10(4-2)8(9)12/h3-6H,1-2H2. The third-order valence-electron chi connectivity index (χ3n) is 1.42. The van der Waals surface area contributed by atoms with Crippen LogP contribution in [0.15, 0.2) is 35.0 Å². The number of hydrogen-bond donors (Lipinski definition) is 0. The summed E-state index contributed by atoms with van der Waals surface area (Å²) in [6.07, 6.45) is 3.85. The Morgan fingerprint density at radius 3 is 2.42 bits per heavy atom. The van der Waals surface area contributed by atoms with E-state index in [-0.39, 0.29) is 0 Å². The van der Waals surface area contributed by atoms with Crippen molar-refractivity contribution in [1.29, 1.82) is 0 Å². The fourth-order valence-corrected chi connectivity index (χ4v) is 0.814. The van der Waals surface area contributed by atoms with Crippen LogP contribution in [0.5, 0.6) is 0 Å². The van der Waals surface area contributed by atoms with Gasteiger partial charge in [-0.2, -0.15) is 0 Å². The molecule has 0 spiro atoms. The Labute approximate surface area is 68.7 Å². The first kappa shape index (κ1) is 8.26. The molecule has 4 nitrogen and oxygen atoms in total. The molecular weight excluding hydrogens is 156 g/mol. The van der Waals surface area contributed by atoms with E-state index >= 15 is 0 Å². The van der Waals surface area contributed by atoms with Gasteiger partial charge in [0.05, 0.1) is 0 Å². The highest BCUT2D eigenvalue weighted by Crippen LogP contribution is 1.77. The quantitative estimate of drug-likeness (QED) is 0.627. The molecule has 1 aromatic heterocycles. The van der Waals surface area contributed by atoms with Gasteiger partial charge in [-0.25, -0.2) is 9.36 Å². The molecule has 0 aliphatic heterocycles. The van der Waals surface area contributed by atoms with Gasteiger partial charge in [0, 0.05) is 24.7 Å². The Kier molecular flexibility index (Phi) is 2.09. The number of hydrogen-bond acceptors (Lipinski definition) is 2. The number of rotatable bonds is 2. The van der Waals surface area contributed by atoms with Crippen LogP contribution in [0.3, 0.4) is 0 Å². The van der Waals surface area contributed by atoms with Crippen LogP contribution in [0.4, 0.5) is 0 Å². The molecule has 12 heavy (non-hydrogen) atoms.